The second kappa shape index (κ2) is 10.6. The van der Waals surface area contributed by atoms with E-state index in [1.165, 1.54) is 11.3 Å². The number of thiazole rings is 1. The molecule has 0 aliphatic carbocycles. The molecule has 1 atom stereocenters. The zero-order valence-electron chi connectivity index (χ0n) is 14.6. The van der Waals surface area contributed by atoms with Crippen LogP contribution in [0.15, 0.2) is 23.6 Å². The molecule has 1 amide bonds. The van der Waals surface area contributed by atoms with E-state index in [9.17, 15) is 4.79 Å². The lowest BCUT2D eigenvalue weighted by Gasteiger charge is -2.10. The SMILES string of the molecule is COc1ccc(-c2nc(CC(=O)NC3CCNC3)cs2)cc1OC.Cl.Cl. The van der Waals surface area contributed by atoms with Crippen LogP contribution in [-0.4, -0.2) is 44.2 Å². The molecule has 2 N–H and O–H groups in total. The smallest absolute Gasteiger partial charge is 0.226 e. The fraction of sp³-hybridized carbons (Fsp3) is 0.412. The zero-order chi connectivity index (χ0) is 16.9. The largest absolute Gasteiger partial charge is 0.493 e. The van der Waals surface area contributed by atoms with Crippen molar-refractivity contribution in [3.05, 3.63) is 29.3 Å². The Bertz CT molecular complexity index is 721. The number of benzene rings is 1. The average Bonchev–Trinajstić information content (AvgIpc) is 3.26. The van der Waals surface area contributed by atoms with Crippen molar-refractivity contribution in [2.24, 2.45) is 0 Å². The average molecular weight is 420 g/mol. The predicted octanol–water partition coefficient (Wildman–Crippen LogP) is 2.69. The highest BCUT2D eigenvalue weighted by Gasteiger charge is 2.17. The van der Waals surface area contributed by atoms with Gasteiger partial charge in [0.05, 0.1) is 26.3 Å². The Morgan fingerprint density at radius 2 is 2.08 bits per heavy atom. The summed E-state index contributed by atoms with van der Waals surface area (Å²) in [6.45, 7) is 1.81. The number of methoxy groups -OCH3 is 2. The Morgan fingerprint density at radius 1 is 1.31 bits per heavy atom. The lowest BCUT2D eigenvalue weighted by atomic mass is 10.2. The number of amides is 1. The third-order valence-electron chi connectivity index (χ3n) is 3.95. The Morgan fingerprint density at radius 3 is 2.73 bits per heavy atom. The van der Waals surface area contributed by atoms with Crippen molar-refractivity contribution < 1.29 is 14.3 Å². The first kappa shape index (κ1) is 22.5. The van der Waals surface area contributed by atoms with Crippen molar-refractivity contribution in [2.75, 3.05) is 27.3 Å². The summed E-state index contributed by atoms with van der Waals surface area (Å²) in [5.41, 5.74) is 1.73. The van der Waals surface area contributed by atoms with E-state index in [2.05, 4.69) is 15.6 Å². The quantitative estimate of drug-likeness (QED) is 0.752. The highest BCUT2D eigenvalue weighted by molar-refractivity contribution is 7.13. The molecule has 26 heavy (non-hydrogen) atoms. The summed E-state index contributed by atoms with van der Waals surface area (Å²) in [5, 5.41) is 9.06. The number of rotatable bonds is 6. The maximum Gasteiger partial charge on any atom is 0.226 e. The topological polar surface area (TPSA) is 72.5 Å². The molecular formula is C17H23Cl2N3O3S. The van der Waals surface area contributed by atoms with Crippen LogP contribution in [0.2, 0.25) is 0 Å². The van der Waals surface area contributed by atoms with Gasteiger partial charge < -0.3 is 20.1 Å². The summed E-state index contributed by atoms with van der Waals surface area (Å²) in [5.74, 6) is 1.37. The van der Waals surface area contributed by atoms with E-state index in [0.29, 0.717) is 17.9 Å². The number of ether oxygens (including phenoxy) is 2. The second-order valence-electron chi connectivity index (χ2n) is 5.65. The first-order valence-corrected chi connectivity index (χ1v) is 8.74. The molecule has 0 radical (unpaired) electrons. The molecule has 144 valence electrons. The van der Waals surface area contributed by atoms with Gasteiger partial charge in [-0.3, -0.25) is 4.79 Å². The highest BCUT2D eigenvalue weighted by atomic mass is 35.5. The Hall–Kier alpha value is -1.54. The maximum absolute atomic E-state index is 12.1. The van der Waals surface area contributed by atoms with Gasteiger partial charge >= 0.3 is 0 Å². The molecule has 0 spiro atoms. The molecule has 1 aliphatic heterocycles. The first-order chi connectivity index (χ1) is 11.7. The molecule has 6 nitrogen and oxygen atoms in total. The molecule has 2 heterocycles. The summed E-state index contributed by atoms with van der Waals surface area (Å²) < 4.78 is 10.6. The van der Waals surface area contributed by atoms with Crippen LogP contribution in [0, 0.1) is 0 Å². The molecule has 1 unspecified atom stereocenters. The fourth-order valence-electron chi connectivity index (χ4n) is 2.71. The number of aromatic nitrogens is 1. The molecule has 1 aromatic heterocycles. The molecule has 1 saturated heterocycles. The van der Waals surface area contributed by atoms with E-state index < -0.39 is 0 Å². The van der Waals surface area contributed by atoms with E-state index in [4.69, 9.17) is 9.47 Å². The highest BCUT2D eigenvalue weighted by Crippen LogP contribution is 2.33. The van der Waals surface area contributed by atoms with Gasteiger partial charge in [-0.25, -0.2) is 4.98 Å². The lowest BCUT2D eigenvalue weighted by molar-refractivity contribution is -0.121. The van der Waals surface area contributed by atoms with Gasteiger partial charge in [-0.2, -0.15) is 0 Å². The van der Waals surface area contributed by atoms with Crippen LogP contribution in [0.3, 0.4) is 0 Å². The number of nitrogens with zero attached hydrogens (tertiary/aromatic N) is 1. The second-order valence-corrected chi connectivity index (χ2v) is 6.51. The summed E-state index contributed by atoms with van der Waals surface area (Å²) >= 11 is 1.52. The van der Waals surface area contributed by atoms with Crippen molar-refractivity contribution in [1.29, 1.82) is 0 Å². The monoisotopic (exact) mass is 419 g/mol. The zero-order valence-corrected chi connectivity index (χ0v) is 17.1. The summed E-state index contributed by atoms with van der Waals surface area (Å²) in [6, 6.07) is 5.93. The minimum atomic E-state index is 0. The van der Waals surface area contributed by atoms with Crippen LogP contribution in [0.1, 0.15) is 12.1 Å². The maximum atomic E-state index is 12.1. The summed E-state index contributed by atoms with van der Waals surface area (Å²) in [7, 11) is 3.22. The minimum absolute atomic E-state index is 0. The Balaban J connectivity index is 0.00000169. The minimum Gasteiger partial charge on any atom is -0.493 e. The van der Waals surface area contributed by atoms with Gasteiger partial charge in [0, 0.05) is 23.5 Å². The third-order valence-corrected chi connectivity index (χ3v) is 4.89. The van der Waals surface area contributed by atoms with Gasteiger partial charge in [0.2, 0.25) is 5.91 Å². The van der Waals surface area contributed by atoms with E-state index in [0.717, 1.165) is 35.8 Å². The van der Waals surface area contributed by atoms with Crippen LogP contribution >= 0.6 is 36.2 Å². The van der Waals surface area contributed by atoms with Gasteiger partial charge in [0.15, 0.2) is 11.5 Å². The number of hydrogen-bond donors (Lipinski definition) is 2. The van der Waals surface area contributed by atoms with Gasteiger partial charge in [0.1, 0.15) is 5.01 Å². The fourth-order valence-corrected chi connectivity index (χ4v) is 3.53. The van der Waals surface area contributed by atoms with E-state index >= 15 is 0 Å². The van der Waals surface area contributed by atoms with Crippen LogP contribution in [0.4, 0.5) is 0 Å². The molecular weight excluding hydrogens is 397 g/mol. The number of carbonyl (C=O) groups excluding carboxylic acids is 1. The van der Waals surface area contributed by atoms with Crippen molar-refractivity contribution in [2.45, 2.75) is 18.9 Å². The number of halogens is 2. The number of hydrogen-bond acceptors (Lipinski definition) is 6. The van der Waals surface area contributed by atoms with Crippen LogP contribution in [-0.2, 0) is 11.2 Å². The molecule has 0 saturated carbocycles. The van der Waals surface area contributed by atoms with Crippen molar-refractivity contribution in [3.63, 3.8) is 0 Å². The summed E-state index contributed by atoms with van der Waals surface area (Å²) in [6.07, 6.45) is 1.29. The first-order valence-electron chi connectivity index (χ1n) is 7.86. The third kappa shape index (κ3) is 5.48. The predicted molar refractivity (Wildman–Crippen MR) is 108 cm³/mol. The molecule has 1 aliphatic rings. The molecule has 1 fully saturated rings. The van der Waals surface area contributed by atoms with Gasteiger partial charge in [-0.1, -0.05) is 0 Å². The van der Waals surface area contributed by atoms with Crippen molar-refractivity contribution in [3.8, 4) is 22.1 Å². The molecule has 9 heteroatoms. The van der Waals surface area contributed by atoms with E-state index in [1.54, 1.807) is 14.2 Å². The number of carbonyl (C=O) groups is 1. The van der Waals surface area contributed by atoms with E-state index in [1.807, 2.05) is 23.6 Å². The van der Waals surface area contributed by atoms with E-state index in [-0.39, 0.29) is 36.8 Å². The van der Waals surface area contributed by atoms with Crippen molar-refractivity contribution >= 4 is 42.1 Å². The Kier molecular flexibility index (Phi) is 9.15. The Labute approximate surface area is 169 Å². The van der Waals surface area contributed by atoms with Crippen LogP contribution < -0.4 is 20.1 Å². The molecule has 0 bridgehead atoms. The normalized spacial score (nSPS) is 15.5. The van der Waals surface area contributed by atoms with Crippen molar-refractivity contribution in [1.82, 2.24) is 15.6 Å². The number of nitrogens with one attached hydrogen (secondary N) is 2. The van der Waals surface area contributed by atoms with Crippen LogP contribution in [0.25, 0.3) is 10.6 Å². The molecule has 1 aromatic carbocycles. The standard InChI is InChI=1S/C17H21N3O3S.2ClH/c1-22-14-4-3-11(7-15(14)23-2)17-20-13(10-24-17)8-16(21)19-12-5-6-18-9-12;;/h3-4,7,10,12,18H,5-6,8-9H2,1-2H3,(H,19,21);2*1H. The molecule has 3 rings (SSSR count). The lowest BCUT2D eigenvalue weighted by Crippen LogP contribution is -2.37. The summed E-state index contributed by atoms with van der Waals surface area (Å²) in [4.78, 5) is 16.7. The van der Waals surface area contributed by atoms with Gasteiger partial charge in [-0.05, 0) is 31.2 Å². The van der Waals surface area contributed by atoms with Gasteiger partial charge in [0.25, 0.3) is 0 Å². The van der Waals surface area contributed by atoms with Crippen LogP contribution in [0.5, 0.6) is 11.5 Å². The molecule has 2 aromatic rings. The van der Waals surface area contributed by atoms with Gasteiger partial charge in [-0.15, -0.1) is 36.2 Å².